The molecule has 144 valence electrons. The number of carbonyl (C=O) groups is 2. The standard InChI is InChI=1S/C23H25N3O2/c1-3-14-26(15-4-2)23(28)19-10-5-9-18(16-19)22(27)25-20-12-6-8-17-11-7-13-24-21(17)20/h5-13,16H,3-4,14-15H2,1-2H3,(H,25,27). The van der Waals surface area contributed by atoms with Gasteiger partial charge in [0, 0.05) is 35.8 Å². The third kappa shape index (κ3) is 4.36. The fourth-order valence-corrected chi connectivity index (χ4v) is 3.23. The molecule has 0 bridgehead atoms. The first-order valence-corrected chi connectivity index (χ1v) is 9.68. The van der Waals surface area contributed by atoms with Gasteiger partial charge in [-0.25, -0.2) is 0 Å². The summed E-state index contributed by atoms with van der Waals surface area (Å²) < 4.78 is 0. The first-order valence-electron chi connectivity index (χ1n) is 9.68. The van der Waals surface area contributed by atoms with Crippen LogP contribution in [0.15, 0.2) is 60.8 Å². The predicted molar refractivity (Wildman–Crippen MR) is 113 cm³/mol. The first kappa shape index (κ1) is 19.5. The Kier molecular flexibility index (Phi) is 6.37. The van der Waals surface area contributed by atoms with E-state index in [-0.39, 0.29) is 11.8 Å². The lowest BCUT2D eigenvalue weighted by atomic mass is 10.1. The van der Waals surface area contributed by atoms with Gasteiger partial charge in [0.1, 0.15) is 0 Å². The normalized spacial score (nSPS) is 10.6. The molecule has 0 unspecified atom stereocenters. The van der Waals surface area contributed by atoms with Crippen LogP contribution < -0.4 is 5.32 Å². The van der Waals surface area contributed by atoms with Gasteiger partial charge in [0.05, 0.1) is 11.2 Å². The van der Waals surface area contributed by atoms with Crippen molar-refractivity contribution in [1.82, 2.24) is 9.88 Å². The van der Waals surface area contributed by atoms with Gasteiger partial charge in [-0.3, -0.25) is 14.6 Å². The van der Waals surface area contributed by atoms with Crippen LogP contribution in [-0.2, 0) is 0 Å². The molecule has 0 saturated heterocycles. The van der Waals surface area contributed by atoms with Crippen molar-refractivity contribution in [2.24, 2.45) is 0 Å². The molecule has 0 aliphatic carbocycles. The number of nitrogens with one attached hydrogen (secondary N) is 1. The smallest absolute Gasteiger partial charge is 0.255 e. The Hall–Kier alpha value is -3.21. The van der Waals surface area contributed by atoms with Gasteiger partial charge < -0.3 is 10.2 Å². The number of hydrogen-bond donors (Lipinski definition) is 1. The van der Waals surface area contributed by atoms with Gasteiger partial charge in [0.2, 0.25) is 0 Å². The summed E-state index contributed by atoms with van der Waals surface area (Å²) in [6, 6.07) is 16.4. The molecule has 0 radical (unpaired) electrons. The van der Waals surface area contributed by atoms with E-state index in [1.54, 1.807) is 30.5 Å². The molecule has 1 aromatic heterocycles. The summed E-state index contributed by atoms with van der Waals surface area (Å²) in [6.45, 7) is 5.53. The van der Waals surface area contributed by atoms with Gasteiger partial charge in [-0.05, 0) is 43.2 Å². The number of benzene rings is 2. The summed E-state index contributed by atoms with van der Waals surface area (Å²) in [5.41, 5.74) is 2.37. The third-order valence-electron chi connectivity index (χ3n) is 4.53. The predicted octanol–water partition coefficient (Wildman–Crippen LogP) is 4.75. The molecule has 0 spiro atoms. The number of anilines is 1. The summed E-state index contributed by atoms with van der Waals surface area (Å²) in [5, 5.41) is 3.88. The average molecular weight is 375 g/mol. The van der Waals surface area contributed by atoms with Crippen molar-refractivity contribution in [3.05, 3.63) is 71.9 Å². The number of pyridine rings is 1. The van der Waals surface area contributed by atoms with Crippen molar-refractivity contribution >= 4 is 28.4 Å². The second kappa shape index (κ2) is 9.13. The first-order chi connectivity index (χ1) is 13.6. The van der Waals surface area contributed by atoms with E-state index in [0.29, 0.717) is 29.9 Å². The number of rotatable bonds is 7. The average Bonchev–Trinajstić information content (AvgIpc) is 2.73. The second-order valence-corrected chi connectivity index (χ2v) is 6.71. The molecule has 0 aliphatic heterocycles. The number of nitrogens with zero attached hydrogens (tertiary/aromatic N) is 2. The minimum atomic E-state index is -0.259. The molecule has 2 aromatic carbocycles. The zero-order chi connectivity index (χ0) is 19.9. The fourth-order valence-electron chi connectivity index (χ4n) is 3.23. The topological polar surface area (TPSA) is 62.3 Å². The van der Waals surface area contributed by atoms with E-state index >= 15 is 0 Å². The van der Waals surface area contributed by atoms with Crippen molar-refractivity contribution < 1.29 is 9.59 Å². The van der Waals surface area contributed by atoms with Crippen LogP contribution in [0.25, 0.3) is 10.9 Å². The van der Waals surface area contributed by atoms with Crippen molar-refractivity contribution in [3.63, 3.8) is 0 Å². The molecule has 2 amide bonds. The summed E-state index contributed by atoms with van der Waals surface area (Å²) in [6.07, 6.45) is 3.51. The molecular formula is C23H25N3O2. The Balaban J connectivity index is 1.83. The van der Waals surface area contributed by atoms with Crippen molar-refractivity contribution in [2.75, 3.05) is 18.4 Å². The molecule has 5 nitrogen and oxygen atoms in total. The van der Waals surface area contributed by atoms with Gasteiger partial charge in [-0.1, -0.05) is 38.1 Å². The van der Waals surface area contributed by atoms with E-state index in [1.807, 2.05) is 35.2 Å². The number of aromatic nitrogens is 1. The highest BCUT2D eigenvalue weighted by atomic mass is 16.2. The largest absolute Gasteiger partial charge is 0.339 e. The third-order valence-corrected chi connectivity index (χ3v) is 4.53. The Bertz CT molecular complexity index is 973. The molecular weight excluding hydrogens is 350 g/mol. The molecule has 3 aromatic rings. The summed E-state index contributed by atoms with van der Waals surface area (Å²) in [4.78, 5) is 31.8. The van der Waals surface area contributed by atoms with E-state index in [2.05, 4.69) is 24.1 Å². The zero-order valence-corrected chi connectivity index (χ0v) is 16.3. The lowest BCUT2D eigenvalue weighted by molar-refractivity contribution is 0.0755. The van der Waals surface area contributed by atoms with E-state index < -0.39 is 0 Å². The minimum absolute atomic E-state index is 0.0369. The highest BCUT2D eigenvalue weighted by Crippen LogP contribution is 2.21. The van der Waals surface area contributed by atoms with Crippen LogP contribution in [0.3, 0.4) is 0 Å². The minimum Gasteiger partial charge on any atom is -0.339 e. The monoisotopic (exact) mass is 375 g/mol. The van der Waals surface area contributed by atoms with Crippen LogP contribution in [0, 0.1) is 0 Å². The van der Waals surface area contributed by atoms with E-state index in [4.69, 9.17) is 0 Å². The summed E-state index contributed by atoms with van der Waals surface area (Å²) in [5.74, 6) is -0.296. The Morgan fingerprint density at radius 2 is 1.61 bits per heavy atom. The van der Waals surface area contributed by atoms with Crippen molar-refractivity contribution in [2.45, 2.75) is 26.7 Å². The highest BCUT2D eigenvalue weighted by molar-refractivity contribution is 6.09. The van der Waals surface area contributed by atoms with Gasteiger partial charge >= 0.3 is 0 Å². The maximum absolute atomic E-state index is 12.8. The van der Waals surface area contributed by atoms with Crippen LogP contribution in [0.4, 0.5) is 5.69 Å². The van der Waals surface area contributed by atoms with Gasteiger partial charge in [0.15, 0.2) is 0 Å². The van der Waals surface area contributed by atoms with Crippen LogP contribution >= 0.6 is 0 Å². The van der Waals surface area contributed by atoms with Crippen LogP contribution in [-0.4, -0.2) is 34.8 Å². The van der Waals surface area contributed by atoms with Gasteiger partial charge in [0.25, 0.3) is 11.8 Å². The molecule has 28 heavy (non-hydrogen) atoms. The van der Waals surface area contributed by atoms with Crippen LogP contribution in [0.1, 0.15) is 47.4 Å². The molecule has 1 heterocycles. The van der Waals surface area contributed by atoms with Gasteiger partial charge in [-0.15, -0.1) is 0 Å². The number of carbonyl (C=O) groups excluding carboxylic acids is 2. The quantitative estimate of drug-likeness (QED) is 0.648. The van der Waals surface area contributed by atoms with Crippen LogP contribution in [0.2, 0.25) is 0 Å². The van der Waals surface area contributed by atoms with Gasteiger partial charge in [-0.2, -0.15) is 0 Å². The van der Waals surface area contributed by atoms with E-state index in [0.717, 1.165) is 23.7 Å². The number of hydrogen-bond acceptors (Lipinski definition) is 3. The Morgan fingerprint density at radius 3 is 2.36 bits per heavy atom. The van der Waals surface area contributed by atoms with E-state index in [1.165, 1.54) is 0 Å². The van der Waals surface area contributed by atoms with Crippen molar-refractivity contribution in [3.8, 4) is 0 Å². The zero-order valence-electron chi connectivity index (χ0n) is 16.3. The number of fused-ring (bicyclic) bond motifs is 1. The number of para-hydroxylation sites is 1. The lowest BCUT2D eigenvalue weighted by Crippen LogP contribution is -2.32. The number of amides is 2. The molecule has 3 rings (SSSR count). The molecule has 0 saturated carbocycles. The molecule has 5 heteroatoms. The highest BCUT2D eigenvalue weighted by Gasteiger charge is 2.16. The molecule has 0 fully saturated rings. The molecule has 0 aliphatic rings. The molecule has 0 atom stereocenters. The van der Waals surface area contributed by atoms with Crippen LogP contribution in [0.5, 0.6) is 0 Å². The van der Waals surface area contributed by atoms with Crippen molar-refractivity contribution in [1.29, 1.82) is 0 Å². The Labute approximate surface area is 165 Å². The molecule has 1 N–H and O–H groups in total. The lowest BCUT2D eigenvalue weighted by Gasteiger charge is -2.21. The van der Waals surface area contributed by atoms with E-state index in [9.17, 15) is 9.59 Å². The second-order valence-electron chi connectivity index (χ2n) is 6.71. The maximum atomic E-state index is 12.8. The fraction of sp³-hybridized carbons (Fsp3) is 0.261. The summed E-state index contributed by atoms with van der Waals surface area (Å²) in [7, 11) is 0. The SMILES string of the molecule is CCCN(CCC)C(=O)c1cccc(C(=O)Nc2cccc3cccnc23)c1. The Morgan fingerprint density at radius 1 is 0.929 bits per heavy atom. The maximum Gasteiger partial charge on any atom is 0.255 e. The summed E-state index contributed by atoms with van der Waals surface area (Å²) >= 11 is 0.